The van der Waals surface area contributed by atoms with Gasteiger partial charge in [0.05, 0.1) is 46.1 Å². The number of hydrogen-bond acceptors (Lipinski definition) is 12. The molecule has 0 aliphatic carbocycles. The van der Waals surface area contributed by atoms with Gasteiger partial charge in [-0.25, -0.2) is 0 Å². The Bertz CT molecular complexity index is 1530. The Morgan fingerprint density at radius 3 is 1.90 bits per heavy atom. The molecule has 0 amide bonds. The summed E-state index contributed by atoms with van der Waals surface area (Å²) < 4.78 is 39.8. The van der Waals surface area contributed by atoms with Gasteiger partial charge in [0.25, 0.3) is 7.82 Å². The van der Waals surface area contributed by atoms with Crippen LogP contribution >= 0.6 is 7.82 Å². The van der Waals surface area contributed by atoms with Gasteiger partial charge < -0.3 is 47.6 Å². The van der Waals surface area contributed by atoms with Crippen LogP contribution in [0.2, 0.25) is 0 Å². The smallest absolute Gasteiger partial charge is 0.306 e. The van der Waals surface area contributed by atoms with Crippen molar-refractivity contribution in [1.29, 1.82) is 0 Å². The largest absolute Gasteiger partial charge is 0.756 e. The molecule has 1 unspecified atom stereocenters. The molecule has 0 radical (unpaired) electrons. The van der Waals surface area contributed by atoms with Crippen molar-refractivity contribution in [2.75, 3.05) is 47.5 Å². The standard InChI is InChI=1S/C48H82NO12P/c1-8-10-21-28-41(50)29-22-17-15-16-18-23-30-43(51)44(52)31-26-34-48(54)60-42(38-59-62(55,56)58-36-35-49(5,6)7)37-57-47(53)33-25-20-14-12-11-13-19-24-32-46-40(4)39(3)45(61-46)27-9-2/h15-18,22-23,29-30,41-44,50-52H,8-14,19-21,24-28,31-38H2,1-7H3/b17-15-,18-16+,29-22+,30-23+/t41-,42+,43-,44-/m0/s1. The lowest BCUT2D eigenvalue weighted by Crippen LogP contribution is -2.37. The number of phosphoric acid groups is 1. The Labute approximate surface area is 373 Å². The van der Waals surface area contributed by atoms with Gasteiger partial charge in [-0.3, -0.25) is 14.2 Å². The molecule has 0 aliphatic rings. The molecule has 0 fully saturated rings. The number of quaternary nitrogens is 1. The van der Waals surface area contributed by atoms with Crippen molar-refractivity contribution in [1.82, 2.24) is 0 Å². The van der Waals surface area contributed by atoms with E-state index in [-0.39, 0.29) is 32.3 Å². The number of carbonyl (C=O) groups excluding carboxylic acids is 2. The predicted octanol–water partition coefficient (Wildman–Crippen LogP) is 8.62. The van der Waals surface area contributed by atoms with E-state index in [1.807, 2.05) is 21.1 Å². The minimum atomic E-state index is -4.74. The summed E-state index contributed by atoms with van der Waals surface area (Å²) in [6, 6.07) is 0. The number of likely N-dealkylation sites (N-methyl/N-ethyl adjacent to an activating group) is 1. The normalized spacial score (nSPS) is 15.5. The Hall–Kier alpha value is -2.87. The van der Waals surface area contributed by atoms with E-state index >= 15 is 0 Å². The molecule has 62 heavy (non-hydrogen) atoms. The Kier molecular flexibility index (Phi) is 31.0. The molecular weight excluding hydrogens is 813 g/mol. The third-order valence-electron chi connectivity index (χ3n) is 10.4. The van der Waals surface area contributed by atoms with Gasteiger partial charge in [-0.05, 0) is 63.5 Å². The van der Waals surface area contributed by atoms with Crippen LogP contribution in [0, 0.1) is 13.8 Å². The van der Waals surface area contributed by atoms with E-state index in [2.05, 4.69) is 27.7 Å². The number of hydrogen-bond donors (Lipinski definition) is 3. The zero-order valence-electron chi connectivity index (χ0n) is 39.1. The van der Waals surface area contributed by atoms with Gasteiger partial charge in [-0.2, -0.15) is 0 Å². The average molecular weight is 896 g/mol. The number of allylic oxidation sites excluding steroid dienone is 6. The molecule has 0 bridgehead atoms. The molecule has 1 aromatic heterocycles. The van der Waals surface area contributed by atoms with E-state index in [0.29, 0.717) is 17.4 Å². The third kappa shape index (κ3) is 29.5. The molecular formula is C48H82NO12P. The summed E-state index contributed by atoms with van der Waals surface area (Å²) in [4.78, 5) is 37.7. The highest BCUT2D eigenvalue weighted by Gasteiger charge is 2.22. The van der Waals surface area contributed by atoms with E-state index in [0.717, 1.165) is 101 Å². The summed E-state index contributed by atoms with van der Waals surface area (Å²) in [6.45, 7) is 7.90. The zero-order valence-corrected chi connectivity index (χ0v) is 40.0. The summed E-state index contributed by atoms with van der Waals surface area (Å²) >= 11 is 0. The topological polar surface area (TPSA) is 185 Å². The van der Waals surface area contributed by atoms with Gasteiger partial charge in [-0.1, -0.05) is 120 Å². The van der Waals surface area contributed by atoms with Gasteiger partial charge in [0, 0.05) is 25.7 Å². The highest BCUT2D eigenvalue weighted by molar-refractivity contribution is 7.45. The number of aliphatic hydroxyl groups is 3. The number of ether oxygens (including phenoxy) is 2. The molecule has 0 saturated carbocycles. The molecule has 356 valence electrons. The first kappa shape index (κ1) is 57.1. The number of carbonyl (C=O) groups is 2. The van der Waals surface area contributed by atoms with Crippen LogP contribution in [0.5, 0.6) is 0 Å². The maximum absolute atomic E-state index is 12.7. The third-order valence-corrected chi connectivity index (χ3v) is 11.4. The molecule has 1 rings (SSSR count). The number of aliphatic hydroxyl groups excluding tert-OH is 3. The van der Waals surface area contributed by atoms with E-state index in [9.17, 15) is 34.4 Å². The van der Waals surface area contributed by atoms with E-state index in [4.69, 9.17) is 22.9 Å². The van der Waals surface area contributed by atoms with Crippen LogP contribution < -0.4 is 4.89 Å². The van der Waals surface area contributed by atoms with Crippen LogP contribution in [0.3, 0.4) is 0 Å². The number of unbranched alkanes of at least 4 members (excludes halogenated alkanes) is 9. The van der Waals surface area contributed by atoms with Crippen molar-refractivity contribution >= 4 is 19.8 Å². The van der Waals surface area contributed by atoms with Crippen molar-refractivity contribution in [2.24, 2.45) is 0 Å². The van der Waals surface area contributed by atoms with Crippen LogP contribution in [0.1, 0.15) is 146 Å². The van der Waals surface area contributed by atoms with Crippen molar-refractivity contribution < 1.29 is 61.8 Å². The minimum Gasteiger partial charge on any atom is -0.756 e. The van der Waals surface area contributed by atoms with E-state index < -0.39 is 57.4 Å². The van der Waals surface area contributed by atoms with Crippen LogP contribution in [-0.2, 0) is 45.5 Å². The summed E-state index contributed by atoms with van der Waals surface area (Å²) in [6.07, 6.45) is 25.0. The van der Waals surface area contributed by atoms with Crippen LogP contribution in [-0.4, -0.2) is 104 Å². The van der Waals surface area contributed by atoms with Gasteiger partial charge in [0.1, 0.15) is 31.3 Å². The number of rotatable bonds is 37. The summed E-state index contributed by atoms with van der Waals surface area (Å²) in [5.74, 6) is 1.06. The molecule has 5 atom stereocenters. The van der Waals surface area contributed by atoms with Crippen LogP contribution in [0.4, 0.5) is 0 Å². The molecule has 0 aliphatic heterocycles. The maximum Gasteiger partial charge on any atom is 0.306 e. The second-order valence-corrected chi connectivity index (χ2v) is 18.6. The second kappa shape index (κ2) is 33.6. The molecule has 0 aromatic carbocycles. The molecule has 13 nitrogen and oxygen atoms in total. The van der Waals surface area contributed by atoms with Gasteiger partial charge in [0.15, 0.2) is 6.10 Å². The minimum absolute atomic E-state index is 0.0901. The number of nitrogens with zero attached hydrogens (tertiary/aromatic N) is 1. The lowest BCUT2D eigenvalue weighted by molar-refractivity contribution is -0.870. The molecule has 3 N–H and O–H groups in total. The highest BCUT2D eigenvalue weighted by atomic mass is 31.2. The first-order valence-electron chi connectivity index (χ1n) is 23.0. The Morgan fingerprint density at radius 1 is 0.694 bits per heavy atom. The SMILES string of the molecule is CCCCC[C@H](O)/C=C/C=C\C=C\C=C\[C@H](O)[C@@H](O)CCCC(=O)O[C@H](COC(=O)CCCCCCCCCCc1oc(CCC)c(C)c1C)COP(=O)([O-])OCC[N+](C)(C)C. The van der Waals surface area contributed by atoms with Crippen molar-refractivity contribution in [3.63, 3.8) is 0 Å². The summed E-state index contributed by atoms with van der Waals surface area (Å²) in [5.41, 5.74) is 2.59. The number of phosphoric ester groups is 1. The fraction of sp³-hybridized carbons (Fsp3) is 0.708. The first-order chi connectivity index (χ1) is 29.5. The van der Waals surface area contributed by atoms with Crippen LogP contribution in [0.25, 0.3) is 0 Å². The molecule has 1 heterocycles. The van der Waals surface area contributed by atoms with Gasteiger partial charge in [0.2, 0.25) is 0 Å². The fourth-order valence-electron chi connectivity index (χ4n) is 6.38. The van der Waals surface area contributed by atoms with E-state index in [1.165, 1.54) is 17.2 Å². The predicted molar refractivity (Wildman–Crippen MR) is 243 cm³/mol. The molecule has 0 spiro atoms. The van der Waals surface area contributed by atoms with Crippen LogP contribution in [0.15, 0.2) is 53.0 Å². The van der Waals surface area contributed by atoms with Crippen molar-refractivity contribution in [3.05, 3.63) is 71.3 Å². The number of esters is 2. The molecule has 0 saturated heterocycles. The zero-order chi connectivity index (χ0) is 46.2. The maximum atomic E-state index is 12.7. The van der Waals surface area contributed by atoms with Crippen molar-refractivity contribution in [2.45, 2.75) is 174 Å². The average Bonchev–Trinajstić information content (AvgIpc) is 3.47. The van der Waals surface area contributed by atoms with E-state index in [1.54, 1.807) is 42.5 Å². The Morgan fingerprint density at radius 2 is 1.27 bits per heavy atom. The number of aryl methyl sites for hydroxylation is 2. The highest BCUT2D eigenvalue weighted by Crippen LogP contribution is 2.38. The number of furan rings is 1. The molecule has 1 aromatic rings. The second-order valence-electron chi connectivity index (χ2n) is 17.2. The Balaban J connectivity index is 2.48. The summed E-state index contributed by atoms with van der Waals surface area (Å²) in [7, 11) is 0.921. The lowest BCUT2D eigenvalue weighted by Gasteiger charge is -2.28. The van der Waals surface area contributed by atoms with Crippen molar-refractivity contribution in [3.8, 4) is 0 Å². The monoisotopic (exact) mass is 896 g/mol. The lowest BCUT2D eigenvalue weighted by atomic mass is 10.0. The van der Waals surface area contributed by atoms with Gasteiger partial charge >= 0.3 is 11.9 Å². The van der Waals surface area contributed by atoms with Gasteiger partial charge in [-0.15, -0.1) is 0 Å². The first-order valence-corrected chi connectivity index (χ1v) is 24.5. The summed E-state index contributed by atoms with van der Waals surface area (Å²) in [5, 5.41) is 30.6. The quantitative estimate of drug-likeness (QED) is 0.0190. The fourth-order valence-corrected chi connectivity index (χ4v) is 7.11. The molecule has 14 heteroatoms.